The van der Waals surface area contributed by atoms with Crippen LogP contribution in [0.5, 0.6) is 0 Å². The van der Waals surface area contributed by atoms with E-state index in [1.165, 1.54) is 44.5 Å². The van der Waals surface area contributed by atoms with Crippen molar-refractivity contribution in [2.75, 3.05) is 0 Å². The minimum atomic E-state index is -2.81. The SMILES string of the molecule is CC(C)(C)c1ccc([C](c2ccc(C(C)(C)C)cc2)=[Zr]([C]2=CC=CC2)[CH]2c3cc(C(C)(C)C)ccc3-c3ccc(C(C)(C)C)cc32)cc1.Cl.Cl. The van der Waals surface area contributed by atoms with Crippen LogP contribution in [0.25, 0.3) is 11.1 Å². The summed E-state index contributed by atoms with van der Waals surface area (Å²) >= 11 is -2.81. The van der Waals surface area contributed by atoms with E-state index in [1.54, 1.807) is 17.6 Å². The van der Waals surface area contributed by atoms with Crippen molar-refractivity contribution in [2.45, 2.75) is 115 Å². The monoisotopic (exact) mass is 782 g/mol. The molecule has 2 aliphatic rings. The molecule has 0 amide bonds. The van der Waals surface area contributed by atoms with Crippen LogP contribution in [0.3, 0.4) is 0 Å². The molecule has 0 bridgehead atoms. The van der Waals surface area contributed by atoms with E-state index >= 15 is 0 Å². The van der Waals surface area contributed by atoms with E-state index < -0.39 is 21.3 Å². The Hall–Kier alpha value is -2.31. The number of rotatable bonds is 4. The standard InChI is InChI=1S/C21H25.C21H26.C5H5.2ClH.Zr/c1-20(2,3)16-7-9-18-14(12-16)11-15-13-17(21(4,5)6)8-10-19(15)18;1-20(2,3)18-11-7-16(8-12-18)15-17-9-13-19(14-10-17)21(4,5)6;1-2-4-5-3-1;;;/h7-13H,1-6H3;7-14H,1-6H3;1-3H,4H2;2*1H;. The molecule has 0 aromatic heterocycles. The van der Waals surface area contributed by atoms with Gasteiger partial charge in [-0.15, -0.1) is 24.8 Å². The average Bonchev–Trinajstić information content (AvgIpc) is 3.64. The molecule has 2 aliphatic carbocycles. The van der Waals surface area contributed by atoms with E-state index in [2.05, 4.69) is 186 Å². The van der Waals surface area contributed by atoms with E-state index in [-0.39, 0.29) is 46.5 Å². The third-order valence-electron chi connectivity index (χ3n) is 10.5. The van der Waals surface area contributed by atoms with Crippen molar-refractivity contribution in [1.82, 2.24) is 0 Å². The van der Waals surface area contributed by atoms with Gasteiger partial charge in [-0.25, -0.2) is 0 Å². The first-order chi connectivity index (χ1) is 22.3. The van der Waals surface area contributed by atoms with Crippen molar-refractivity contribution in [3.8, 4) is 11.1 Å². The van der Waals surface area contributed by atoms with Crippen LogP contribution in [0.4, 0.5) is 0 Å². The second kappa shape index (κ2) is 14.6. The molecule has 3 heteroatoms. The zero-order valence-corrected chi connectivity index (χ0v) is 36.5. The number of benzene rings is 4. The van der Waals surface area contributed by atoms with E-state index in [9.17, 15) is 0 Å². The third kappa shape index (κ3) is 8.02. The summed E-state index contributed by atoms with van der Waals surface area (Å²) in [4.78, 5) is 0. The Labute approximate surface area is 323 Å². The van der Waals surface area contributed by atoms with Gasteiger partial charge in [0.1, 0.15) is 0 Å². The van der Waals surface area contributed by atoms with Crippen molar-refractivity contribution in [2.24, 2.45) is 0 Å². The van der Waals surface area contributed by atoms with Crippen molar-refractivity contribution in [3.63, 3.8) is 0 Å². The van der Waals surface area contributed by atoms with Gasteiger partial charge >= 0.3 is 301 Å². The van der Waals surface area contributed by atoms with Gasteiger partial charge in [-0.05, 0) is 0 Å². The molecular weight excluding hydrogens is 727 g/mol. The Bertz CT molecular complexity index is 1820. The quantitative estimate of drug-likeness (QED) is 0.193. The zero-order valence-electron chi connectivity index (χ0n) is 32.4. The van der Waals surface area contributed by atoms with Crippen molar-refractivity contribution in [3.05, 3.63) is 151 Å². The van der Waals surface area contributed by atoms with Crippen LogP contribution < -0.4 is 0 Å². The van der Waals surface area contributed by atoms with Crippen molar-refractivity contribution >= 4 is 28.0 Å². The van der Waals surface area contributed by atoms with E-state index in [0.29, 0.717) is 3.63 Å². The first kappa shape index (κ1) is 40.5. The Kier molecular flexibility index (Phi) is 11.8. The van der Waals surface area contributed by atoms with Gasteiger partial charge in [0.15, 0.2) is 0 Å². The fraction of sp³-hybridized carbons (Fsp3) is 0.383. The molecule has 0 nitrogen and oxygen atoms in total. The molecule has 0 fully saturated rings. The molecular formula is C47H58Cl2Zr. The van der Waals surface area contributed by atoms with Crippen LogP contribution in [0, 0.1) is 0 Å². The maximum absolute atomic E-state index is 2.81. The number of hydrogen-bond donors (Lipinski definition) is 0. The summed E-state index contributed by atoms with van der Waals surface area (Å²) in [5, 5.41) is 0. The molecule has 0 unspecified atom stereocenters. The predicted molar refractivity (Wildman–Crippen MR) is 221 cm³/mol. The molecule has 4 aromatic carbocycles. The van der Waals surface area contributed by atoms with Gasteiger partial charge in [-0.2, -0.15) is 0 Å². The molecule has 6 rings (SSSR count). The summed E-state index contributed by atoms with van der Waals surface area (Å²) in [6.45, 7) is 28.1. The first-order valence-electron chi connectivity index (χ1n) is 18.0. The largest absolute Gasteiger partial charge is 0.147 e. The van der Waals surface area contributed by atoms with Crippen LogP contribution in [0.2, 0.25) is 0 Å². The van der Waals surface area contributed by atoms with Gasteiger partial charge in [0, 0.05) is 0 Å². The molecule has 50 heavy (non-hydrogen) atoms. The van der Waals surface area contributed by atoms with Crippen molar-refractivity contribution in [1.29, 1.82) is 0 Å². The summed E-state index contributed by atoms with van der Waals surface area (Å²) in [5.41, 5.74) is 14.9. The summed E-state index contributed by atoms with van der Waals surface area (Å²) in [7, 11) is 0. The predicted octanol–water partition coefficient (Wildman–Crippen LogP) is 13.5. The topological polar surface area (TPSA) is 0 Å². The molecule has 0 saturated carbocycles. The molecule has 0 N–H and O–H groups in total. The van der Waals surface area contributed by atoms with Gasteiger partial charge < -0.3 is 0 Å². The van der Waals surface area contributed by atoms with Crippen LogP contribution in [-0.2, 0) is 42.9 Å². The molecule has 0 atom stereocenters. The first-order valence-corrected chi connectivity index (χ1v) is 21.8. The zero-order chi connectivity index (χ0) is 34.8. The number of fused-ring (bicyclic) bond motifs is 3. The summed E-state index contributed by atoms with van der Waals surface area (Å²) in [6, 6.07) is 34.3. The molecule has 264 valence electrons. The molecule has 0 spiro atoms. The van der Waals surface area contributed by atoms with Gasteiger partial charge in [-0.3, -0.25) is 0 Å². The Balaban J connectivity index is 0.00000281. The normalized spacial score (nSPS) is 14.4. The molecule has 4 aromatic rings. The molecule has 0 aliphatic heterocycles. The Morgan fingerprint density at radius 3 is 1.18 bits per heavy atom. The summed E-state index contributed by atoms with van der Waals surface area (Å²) in [5.74, 6) is 0. The molecule has 0 heterocycles. The molecule has 0 radical (unpaired) electrons. The summed E-state index contributed by atoms with van der Waals surface area (Å²) in [6.07, 6.45) is 8.29. The van der Waals surface area contributed by atoms with Gasteiger partial charge in [-0.1, -0.05) is 0 Å². The number of halogens is 2. The minimum absolute atomic E-state index is 0. The fourth-order valence-corrected chi connectivity index (χ4v) is 16.4. The van der Waals surface area contributed by atoms with Gasteiger partial charge in [0.2, 0.25) is 0 Å². The third-order valence-corrected chi connectivity index (χ3v) is 18.8. The molecule has 0 saturated heterocycles. The average molecular weight is 785 g/mol. The van der Waals surface area contributed by atoms with Crippen LogP contribution in [-0.4, -0.2) is 3.21 Å². The van der Waals surface area contributed by atoms with Crippen LogP contribution in [0.15, 0.2) is 106 Å². The second-order valence-corrected chi connectivity index (χ2v) is 24.6. The second-order valence-electron chi connectivity index (χ2n) is 18.3. The number of allylic oxidation sites excluding steroid dienone is 4. The minimum Gasteiger partial charge on any atom is -0.147 e. The van der Waals surface area contributed by atoms with Gasteiger partial charge in [0.25, 0.3) is 0 Å². The van der Waals surface area contributed by atoms with E-state index in [1.807, 2.05) is 0 Å². The van der Waals surface area contributed by atoms with E-state index in [0.717, 1.165) is 6.42 Å². The maximum atomic E-state index is 2.60. The Morgan fingerprint density at radius 1 is 0.500 bits per heavy atom. The van der Waals surface area contributed by atoms with Gasteiger partial charge in [0.05, 0.1) is 0 Å². The van der Waals surface area contributed by atoms with E-state index in [4.69, 9.17) is 0 Å². The Morgan fingerprint density at radius 2 is 0.860 bits per heavy atom. The fourth-order valence-electron chi connectivity index (χ4n) is 7.39. The van der Waals surface area contributed by atoms with Crippen LogP contribution in [0.1, 0.15) is 138 Å². The number of hydrogen-bond acceptors (Lipinski definition) is 0. The smallest absolute Gasteiger partial charge is 0.147 e. The maximum Gasteiger partial charge on any atom is -0.147 e. The van der Waals surface area contributed by atoms with Crippen molar-refractivity contribution < 1.29 is 21.3 Å². The summed E-state index contributed by atoms with van der Waals surface area (Å²) < 4.78 is 3.71. The van der Waals surface area contributed by atoms with Crippen LogP contribution >= 0.6 is 24.8 Å².